The third-order valence-corrected chi connectivity index (χ3v) is 1.01. The van der Waals surface area contributed by atoms with Crippen molar-refractivity contribution in [1.29, 1.82) is 0 Å². The fraction of sp³-hybridized carbons (Fsp3) is 0.800. The molecule has 0 aliphatic carbocycles. The monoisotopic (exact) mass is 101 g/mol. The first-order chi connectivity index (χ1) is 3.39. The van der Waals surface area contributed by atoms with Gasteiger partial charge in [0.1, 0.15) is 0 Å². The van der Waals surface area contributed by atoms with Crippen LogP contribution in [0.5, 0.6) is 0 Å². The van der Waals surface area contributed by atoms with Gasteiger partial charge < -0.3 is 9.84 Å². The molecule has 1 saturated heterocycles. The van der Waals surface area contributed by atoms with Crippen molar-refractivity contribution in [3.8, 4) is 0 Å². The van der Waals surface area contributed by atoms with E-state index in [0.717, 1.165) is 12.8 Å². The van der Waals surface area contributed by atoms with Crippen LogP contribution in [-0.4, -0.2) is 18.0 Å². The number of aliphatic hydroxyl groups excluding tert-OH is 1. The van der Waals surface area contributed by atoms with Gasteiger partial charge in [-0.15, -0.1) is 0 Å². The smallest absolute Gasteiger partial charge is 0.157 e. The van der Waals surface area contributed by atoms with Gasteiger partial charge in [0, 0.05) is 13.0 Å². The van der Waals surface area contributed by atoms with Crippen molar-refractivity contribution >= 4 is 0 Å². The van der Waals surface area contributed by atoms with E-state index < -0.39 is 6.29 Å². The van der Waals surface area contributed by atoms with Gasteiger partial charge in [-0.05, 0) is 12.8 Å². The number of hydrogen-bond acceptors (Lipinski definition) is 2. The van der Waals surface area contributed by atoms with Crippen LogP contribution in [-0.2, 0) is 4.74 Å². The molecule has 2 heteroatoms. The van der Waals surface area contributed by atoms with Gasteiger partial charge in [-0.25, -0.2) is 0 Å². The maximum atomic E-state index is 8.63. The van der Waals surface area contributed by atoms with Crippen molar-refractivity contribution in [3.63, 3.8) is 0 Å². The van der Waals surface area contributed by atoms with E-state index in [2.05, 4.69) is 0 Å². The molecule has 2 nitrogen and oxygen atoms in total. The van der Waals surface area contributed by atoms with Crippen molar-refractivity contribution in [2.75, 3.05) is 6.61 Å². The Kier molecular flexibility index (Phi) is 1.65. The summed E-state index contributed by atoms with van der Waals surface area (Å²) in [5.74, 6) is 0. The molecule has 41 valence electrons. The minimum Gasteiger partial charge on any atom is -0.368 e. The topological polar surface area (TPSA) is 29.5 Å². The molecule has 0 spiro atoms. The van der Waals surface area contributed by atoms with Crippen LogP contribution in [0.1, 0.15) is 12.8 Å². The maximum absolute atomic E-state index is 8.63. The first-order valence-corrected chi connectivity index (χ1v) is 2.52. The molecule has 1 radical (unpaired) electrons. The van der Waals surface area contributed by atoms with Crippen LogP contribution >= 0.6 is 0 Å². The van der Waals surface area contributed by atoms with E-state index in [9.17, 15) is 0 Å². The van der Waals surface area contributed by atoms with Gasteiger partial charge in [0.2, 0.25) is 0 Å². The van der Waals surface area contributed by atoms with E-state index in [0.29, 0.717) is 6.61 Å². The first-order valence-electron chi connectivity index (χ1n) is 2.52. The molecule has 1 atom stereocenters. The first kappa shape index (κ1) is 5.06. The number of aliphatic hydroxyl groups is 1. The standard InChI is InChI=1S/C5H9O2/c6-5-3-1-2-4-7-5/h3,5-6H,1-2,4H2. The second-order valence-corrected chi connectivity index (χ2v) is 1.64. The second-order valence-electron chi connectivity index (χ2n) is 1.64. The fourth-order valence-electron chi connectivity index (χ4n) is 0.616. The Morgan fingerprint density at radius 3 is 2.86 bits per heavy atom. The summed E-state index contributed by atoms with van der Waals surface area (Å²) in [6.07, 6.45) is 3.22. The number of ether oxygens (including phenoxy) is 1. The molecule has 0 aromatic rings. The highest BCUT2D eigenvalue weighted by Gasteiger charge is 2.08. The summed E-state index contributed by atoms with van der Waals surface area (Å²) in [5, 5.41) is 8.63. The number of hydrogen-bond donors (Lipinski definition) is 1. The molecule has 0 aromatic carbocycles. The van der Waals surface area contributed by atoms with Gasteiger partial charge in [0.25, 0.3) is 0 Å². The summed E-state index contributed by atoms with van der Waals surface area (Å²) in [4.78, 5) is 0. The predicted molar refractivity (Wildman–Crippen MR) is 25.5 cm³/mol. The zero-order valence-electron chi connectivity index (χ0n) is 4.13. The SMILES string of the molecule is OC1[CH]CCCO1. The molecule has 0 saturated carbocycles. The van der Waals surface area contributed by atoms with Crippen molar-refractivity contribution in [1.82, 2.24) is 0 Å². The van der Waals surface area contributed by atoms with E-state index in [4.69, 9.17) is 9.84 Å². The highest BCUT2D eigenvalue weighted by Crippen LogP contribution is 2.07. The van der Waals surface area contributed by atoms with Crippen molar-refractivity contribution < 1.29 is 9.84 Å². The Bertz CT molecular complexity index is 48.0. The lowest BCUT2D eigenvalue weighted by molar-refractivity contribution is -0.0922. The second kappa shape index (κ2) is 2.28. The van der Waals surface area contributed by atoms with Crippen molar-refractivity contribution in [2.24, 2.45) is 0 Å². The van der Waals surface area contributed by atoms with Gasteiger partial charge in [0.15, 0.2) is 6.29 Å². The molecule has 0 bridgehead atoms. The Morgan fingerprint density at radius 2 is 2.57 bits per heavy atom. The number of rotatable bonds is 0. The van der Waals surface area contributed by atoms with E-state index in [1.54, 1.807) is 6.42 Å². The summed E-state index contributed by atoms with van der Waals surface area (Å²) in [7, 11) is 0. The van der Waals surface area contributed by atoms with Crippen LogP contribution in [0.15, 0.2) is 0 Å². The summed E-state index contributed by atoms with van der Waals surface area (Å²) < 4.78 is 4.78. The van der Waals surface area contributed by atoms with Crippen LogP contribution in [0.3, 0.4) is 0 Å². The minimum atomic E-state index is -0.589. The Balaban J connectivity index is 2.12. The molecule has 0 aromatic heterocycles. The third-order valence-electron chi connectivity index (χ3n) is 1.01. The van der Waals surface area contributed by atoms with Crippen LogP contribution < -0.4 is 0 Å². The Labute approximate surface area is 43.1 Å². The molecular weight excluding hydrogens is 92.1 g/mol. The van der Waals surface area contributed by atoms with Crippen LogP contribution in [0.25, 0.3) is 0 Å². The van der Waals surface area contributed by atoms with Crippen LogP contribution in [0, 0.1) is 6.42 Å². The minimum absolute atomic E-state index is 0.589. The lowest BCUT2D eigenvalue weighted by Crippen LogP contribution is -2.18. The molecular formula is C5H9O2. The normalized spacial score (nSPS) is 33.0. The third kappa shape index (κ3) is 1.45. The molecule has 1 aliphatic heterocycles. The van der Waals surface area contributed by atoms with Gasteiger partial charge in [-0.1, -0.05) is 0 Å². The predicted octanol–water partition coefficient (Wildman–Crippen LogP) is 0.319. The summed E-state index contributed by atoms with van der Waals surface area (Å²) >= 11 is 0. The van der Waals surface area contributed by atoms with Crippen LogP contribution in [0.4, 0.5) is 0 Å². The molecule has 1 aliphatic rings. The van der Waals surface area contributed by atoms with E-state index >= 15 is 0 Å². The fourth-order valence-corrected chi connectivity index (χ4v) is 0.616. The average Bonchev–Trinajstić information content (AvgIpc) is 1.69. The molecule has 0 amide bonds. The molecule has 7 heavy (non-hydrogen) atoms. The lowest BCUT2D eigenvalue weighted by Gasteiger charge is -2.15. The molecule has 1 heterocycles. The largest absolute Gasteiger partial charge is 0.368 e. The molecule has 1 rings (SSSR count). The van der Waals surface area contributed by atoms with Crippen molar-refractivity contribution in [2.45, 2.75) is 19.1 Å². The van der Waals surface area contributed by atoms with Gasteiger partial charge in [-0.3, -0.25) is 0 Å². The maximum Gasteiger partial charge on any atom is 0.157 e. The van der Waals surface area contributed by atoms with E-state index in [1.165, 1.54) is 0 Å². The summed E-state index contributed by atoms with van der Waals surface area (Å²) in [5.41, 5.74) is 0. The summed E-state index contributed by atoms with van der Waals surface area (Å²) in [6, 6.07) is 0. The molecule has 1 N–H and O–H groups in total. The lowest BCUT2D eigenvalue weighted by atomic mass is 10.2. The van der Waals surface area contributed by atoms with Crippen LogP contribution in [0.2, 0.25) is 0 Å². The zero-order valence-corrected chi connectivity index (χ0v) is 4.13. The van der Waals surface area contributed by atoms with Gasteiger partial charge in [0.05, 0.1) is 0 Å². The Morgan fingerprint density at radius 1 is 1.71 bits per heavy atom. The molecule has 1 fully saturated rings. The highest BCUT2D eigenvalue weighted by atomic mass is 16.6. The summed E-state index contributed by atoms with van der Waals surface area (Å²) in [6.45, 7) is 0.706. The molecule has 1 unspecified atom stereocenters. The van der Waals surface area contributed by atoms with Gasteiger partial charge in [-0.2, -0.15) is 0 Å². The van der Waals surface area contributed by atoms with Gasteiger partial charge >= 0.3 is 0 Å². The Hall–Kier alpha value is -0.0800. The zero-order chi connectivity index (χ0) is 5.11. The quantitative estimate of drug-likeness (QED) is 0.476. The van der Waals surface area contributed by atoms with E-state index in [-0.39, 0.29) is 0 Å². The van der Waals surface area contributed by atoms with Crippen molar-refractivity contribution in [3.05, 3.63) is 6.42 Å². The average molecular weight is 101 g/mol. The highest BCUT2D eigenvalue weighted by molar-refractivity contribution is 4.71. The van der Waals surface area contributed by atoms with E-state index in [1.807, 2.05) is 0 Å².